The molecule has 3 rings (SSSR count). The van der Waals surface area contributed by atoms with Crippen molar-refractivity contribution in [2.45, 2.75) is 71.4 Å². The van der Waals surface area contributed by atoms with Crippen molar-refractivity contribution in [1.82, 2.24) is 5.32 Å². The number of aryl methyl sites for hydroxylation is 2. The van der Waals surface area contributed by atoms with Gasteiger partial charge in [-0.15, -0.1) is 0 Å². The Kier molecular flexibility index (Phi) is 7.73. The number of carbonyl (C=O) groups excluding carboxylic acids is 1. The van der Waals surface area contributed by atoms with Gasteiger partial charge >= 0.3 is 0 Å². The number of anilines is 1. The Hall–Kier alpha value is -2.54. The van der Waals surface area contributed by atoms with Crippen LogP contribution in [0.25, 0.3) is 0 Å². The molecule has 1 aliphatic rings. The lowest BCUT2D eigenvalue weighted by Crippen LogP contribution is -2.44. The van der Waals surface area contributed by atoms with Gasteiger partial charge in [-0.3, -0.25) is 9.10 Å². The van der Waals surface area contributed by atoms with E-state index in [0.717, 1.165) is 41.7 Å². The van der Waals surface area contributed by atoms with Crippen LogP contribution in [-0.4, -0.2) is 32.7 Å². The molecule has 1 N–H and O–H groups in total. The van der Waals surface area contributed by atoms with Gasteiger partial charge in [0, 0.05) is 24.9 Å². The number of sulfonamides is 1. The predicted molar refractivity (Wildman–Crippen MR) is 133 cm³/mol. The van der Waals surface area contributed by atoms with Crippen molar-refractivity contribution < 1.29 is 17.9 Å². The van der Waals surface area contributed by atoms with Gasteiger partial charge in [0.25, 0.3) is 0 Å². The molecule has 0 fully saturated rings. The quantitative estimate of drug-likeness (QED) is 0.554. The maximum Gasteiger partial charge on any atom is 0.232 e. The normalized spacial score (nSPS) is 17.1. The second-order valence-electron chi connectivity index (χ2n) is 9.06. The first-order chi connectivity index (χ1) is 15.6. The summed E-state index contributed by atoms with van der Waals surface area (Å²) in [5.41, 5.74) is 3.49. The van der Waals surface area contributed by atoms with Crippen LogP contribution in [0, 0.1) is 13.8 Å². The lowest BCUT2D eigenvalue weighted by molar-refractivity contribution is -0.122. The first-order valence-corrected chi connectivity index (χ1v) is 13.6. The number of ether oxygens (including phenoxy) is 1. The highest BCUT2D eigenvalue weighted by atomic mass is 32.2. The van der Waals surface area contributed by atoms with Gasteiger partial charge in [0.2, 0.25) is 15.9 Å². The average Bonchev–Trinajstić information content (AvgIpc) is 2.77. The molecule has 1 aliphatic heterocycles. The molecule has 1 amide bonds. The van der Waals surface area contributed by atoms with Gasteiger partial charge in [0.05, 0.1) is 18.0 Å². The number of benzene rings is 2. The highest BCUT2D eigenvalue weighted by molar-refractivity contribution is 7.92. The minimum Gasteiger partial charge on any atom is -0.487 e. The van der Waals surface area contributed by atoms with Gasteiger partial charge < -0.3 is 10.1 Å². The van der Waals surface area contributed by atoms with E-state index in [-0.39, 0.29) is 30.5 Å². The van der Waals surface area contributed by atoms with Crippen LogP contribution in [0.4, 0.5) is 5.69 Å². The zero-order chi connectivity index (χ0) is 24.2. The summed E-state index contributed by atoms with van der Waals surface area (Å²) in [6.45, 7) is 8.44. The Morgan fingerprint density at radius 2 is 1.82 bits per heavy atom. The first kappa shape index (κ1) is 25.1. The molecule has 0 spiro atoms. The zero-order valence-corrected chi connectivity index (χ0v) is 21.2. The molecule has 0 bridgehead atoms. The number of nitrogens with zero attached hydrogens (tertiary/aromatic N) is 1. The van der Waals surface area contributed by atoms with E-state index < -0.39 is 10.0 Å². The van der Waals surface area contributed by atoms with Crippen LogP contribution < -0.4 is 14.4 Å². The molecule has 6 nitrogen and oxygen atoms in total. The summed E-state index contributed by atoms with van der Waals surface area (Å²) < 4.78 is 32.5. The van der Waals surface area contributed by atoms with Crippen LogP contribution in [0.1, 0.15) is 68.7 Å². The van der Waals surface area contributed by atoms with E-state index in [1.54, 1.807) is 0 Å². The third-order valence-electron chi connectivity index (χ3n) is 6.76. The Bertz CT molecular complexity index is 1090. The number of nitrogens with one attached hydrogen (secondary N) is 1. The molecule has 0 unspecified atom stereocenters. The summed E-state index contributed by atoms with van der Waals surface area (Å²) in [6.07, 6.45) is 4.34. The molecule has 0 radical (unpaired) electrons. The number of para-hydroxylation sites is 1. The van der Waals surface area contributed by atoms with E-state index in [9.17, 15) is 13.2 Å². The van der Waals surface area contributed by atoms with Crippen LogP contribution in [0.5, 0.6) is 5.75 Å². The van der Waals surface area contributed by atoms with Crippen molar-refractivity contribution in [3.63, 3.8) is 0 Å². The van der Waals surface area contributed by atoms with E-state index in [1.165, 1.54) is 10.6 Å². The van der Waals surface area contributed by atoms with Crippen LogP contribution in [0.2, 0.25) is 0 Å². The standard InChI is InChI=1S/C26H36N2O4S/c1-6-26(7-2)18-23(22-11-8-9-12-24(22)32-26)27-25(29)13-10-16-28(33(5,30)31)21-15-14-19(3)20(4)17-21/h8-9,11-12,14-15,17,23H,6-7,10,13,16,18H2,1-5H3,(H,27,29)/t23-/m0/s1. The Morgan fingerprint density at radius 3 is 2.45 bits per heavy atom. The Labute approximate surface area is 198 Å². The molecule has 0 saturated heterocycles. The van der Waals surface area contributed by atoms with Crippen molar-refractivity contribution in [3.8, 4) is 5.75 Å². The number of rotatable bonds is 9. The molecule has 0 aliphatic carbocycles. The molecule has 0 saturated carbocycles. The van der Waals surface area contributed by atoms with Crippen molar-refractivity contribution in [2.24, 2.45) is 0 Å². The van der Waals surface area contributed by atoms with Gasteiger partial charge in [-0.1, -0.05) is 38.1 Å². The fourth-order valence-electron chi connectivity index (χ4n) is 4.45. The van der Waals surface area contributed by atoms with E-state index in [0.29, 0.717) is 12.1 Å². The van der Waals surface area contributed by atoms with E-state index in [4.69, 9.17) is 4.74 Å². The molecule has 2 aromatic rings. The molecule has 7 heteroatoms. The topological polar surface area (TPSA) is 75.7 Å². The average molecular weight is 473 g/mol. The van der Waals surface area contributed by atoms with E-state index in [1.807, 2.05) is 56.3 Å². The van der Waals surface area contributed by atoms with Crippen molar-refractivity contribution >= 4 is 21.6 Å². The summed E-state index contributed by atoms with van der Waals surface area (Å²) in [5.74, 6) is 0.752. The third-order valence-corrected chi connectivity index (χ3v) is 7.96. The SMILES string of the molecule is CCC1(CC)C[C@H](NC(=O)CCCN(c2ccc(C)c(C)c2)S(C)(=O)=O)c2ccccc2O1. The van der Waals surface area contributed by atoms with Crippen LogP contribution in [0.15, 0.2) is 42.5 Å². The van der Waals surface area contributed by atoms with Gasteiger partial charge in [0.15, 0.2) is 0 Å². The van der Waals surface area contributed by atoms with Crippen LogP contribution in [0.3, 0.4) is 0 Å². The van der Waals surface area contributed by atoms with Crippen molar-refractivity contribution in [3.05, 3.63) is 59.2 Å². The highest BCUT2D eigenvalue weighted by Crippen LogP contribution is 2.42. The summed E-state index contributed by atoms with van der Waals surface area (Å²) >= 11 is 0. The molecule has 33 heavy (non-hydrogen) atoms. The van der Waals surface area contributed by atoms with Crippen molar-refractivity contribution in [1.29, 1.82) is 0 Å². The number of amides is 1. The van der Waals surface area contributed by atoms with Gasteiger partial charge in [-0.2, -0.15) is 0 Å². The number of carbonyl (C=O) groups is 1. The second kappa shape index (κ2) is 10.2. The van der Waals surface area contributed by atoms with Gasteiger partial charge in [0.1, 0.15) is 11.4 Å². The van der Waals surface area contributed by atoms with Gasteiger partial charge in [-0.25, -0.2) is 8.42 Å². The largest absolute Gasteiger partial charge is 0.487 e. The summed E-state index contributed by atoms with van der Waals surface area (Å²) in [5, 5.41) is 3.18. The number of hydrogen-bond acceptors (Lipinski definition) is 4. The number of hydrogen-bond donors (Lipinski definition) is 1. The zero-order valence-electron chi connectivity index (χ0n) is 20.3. The molecule has 1 atom stereocenters. The lowest BCUT2D eigenvalue weighted by atomic mass is 9.83. The minimum atomic E-state index is -3.45. The molecule has 1 heterocycles. The van der Waals surface area contributed by atoms with E-state index >= 15 is 0 Å². The number of fused-ring (bicyclic) bond motifs is 1. The van der Waals surface area contributed by atoms with Gasteiger partial charge in [-0.05, 0) is 62.4 Å². The van der Waals surface area contributed by atoms with Crippen LogP contribution in [-0.2, 0) is 14.8 Å². The predicted octanol–water partition coefficient (Wildman–Crippen LogP) is 5.05. The smallest absolute Gasteiger partial charge is 0.232 e. The third kappa shape index (κ3) is 5.88. The minimum absolute atomic E-state index is 0.0775. The summed E-state index contributed by atoms with van der Waals surface area (Å²) in [7, 11) is -3.45. The van der Waals surface area contributed by atoms with Crippen LogP contribution >= 0.6 is 0 Å². The molecule has 0 aromatic heterocycles. The first-order valence-electron chi connectivity index (χ1n) is 11.7. The fraction of sp³-hybridized carbons (Fsp3) is 0.500. The molecule has 180 valence electrons. The maximum atomic E-state index is 12.9. The highest BCUT2D eigenvalue weighted by Gasteiger charge is 2.38. The fourth-order valence-corrected chi connectivity index (χ4v) is 5.40. The second-order valence-corrected chi connectivity index (χ2v) is 11.0. The molecular formula is C26H36N2O4S. The Balaban J connectivity index is 1.67. The maximum absolute atomic E-state index is 12.9. The summed E-state index contributed by atoms with van der Waals surface area (Å²) in [6, 6.07) is 13.4. The monoisotopic (exact) mass is 472 g/mol. The summed E-state index contributed by atoms with van der Waals surface area (Å²) in [4.78, 5) is 12.9. The molecule has 2 aromatic carbocycles. The van der Waals surface area contributed by atoms with Crippen molar-refractivity contribution in [2.75, 3.05) is 17.1 Å². The Morgan fingerprint density at radius 1 is 1.12 bits per heavy atom. The van der Waals surface area contributed by atoms with E-state index in [2.05, 4.69) is 19.2 Å². The molecular weight excluding hydrogens is 436 g/mol. The lowest BCUT2D eigenvalue weighted by Gasteiger charge is -2.41.